The van der Waals surface area contributed by atoms with Crippen molar-refractivity contribution in [2.45, 2.75) is 19.8 Å². The second kappa shape index (κ2) is 6.53. The molecule has 0 heterocycles. The molecule has 0 aliphatic carbocycles. The molecule has 0 fully saturated rings. The van der Waals surface area contributed by atoms with Crippen LogP contribution in [-0.2, 0) is 6.42 Å². The Kier molecular flexibility index (Phi) is 5.29. The number of benzene rings is 1. The zero-order valence-corrected chi connectivity index (χ0v) is 9.22. The third-order valence-corrected chi connectivity index (χ3v) is 2.43. The Morgan fingerprint density at radius 1 is 1.33 bits per heavy atom. The van der Waals surface area contributed by atoms with Gasteiger partial charge in [0, 0.05) is 0 Å². The number of halogens is 1. The van der Waals surface area contributed by atoms with E-state index in [1.54, 1.807) is 6.07 Å². The van der Waals surface area contributed by atoms with Crippen molar-refractivity contribution < 1.29 is 4.39 Å². The standard InChI is InChI=1S/C12H19FN2/c1-10-9-12(13)4-3-11(10)5-8-15-7-2-6-14/h3-4,9,15H,2,5-8,14H2,1H3. The summed E-state index contributed by atoms with van der Waals surface area (Å²) in [4.78, 5) is 0. The molecule has 0 saturated heterocycles. The van der Waals surface area contributed by atoms with Gasteiger partial charge in [-0.1, -0.05) is 6.07 Å². The van der Waals surface area contributed by atoms with E-state index in [-0.39, 0.29) is 5.82 Å². The lowest BCUT2D eigenvalue weighted by molar-refractivity contribution is 0.623. The zero-order chi connectivity index (χ0) is 11.1. The fraction of sp³-hybridized carbons (Fsp3) is 0.500. The molecule has 2 nitrogen and oxygen atoms in total. The molecule has 0 aliphatic heterocycles. The number of hydrogen-bond donors (Lipinski definition) is 2. The number of nitrogens with one attached hydrogen (secondary N) is 1. The van der Waals surface area contributed by atoms with Crippen LogP contribution in [0.2, 0.25) is 0 Å². The predicted octanol–water partition coefficient (Wildman–Crippen LogP) is 1.62. The van der Waals surface area contributed by atoms with E-state index in [9.17, 15) is 4.39 Å². The maximum Gasteiger partial charge on any atom is 0.123 e. The molecule has 0 spiro atoms. The average Bonchev–Trinajstić information content (AvgIpc) is 2.20. The summed E-state index contributed by atoms with van der Waals surface area (Å²) in [5, 5.41) is 3.30. The van der Waals surface area contributed by atoms with Gasteiger partial charge in [0.15, 0.2) is 0 Å². The number of nitrogens with two attached hydrogens (primary N) is 1. The van der Waals surface area contributed by atoms with Crippen LogP contribution in [-0.4, -0.2) is 19.6 Å². The molecule has 1 aromatic carbocycles. The highest BCUT2D eigenvalue weighted by Crippen LogP contribution is 2.10. The van der Waals surface area contributed by atoms with E-state index in [4.69, 9.17) is 5.73 Å². The topological polar surface area (TPSA) is 38.0 Å². The number of rotatable bonds is 6. The Balaban J connectivity index is 2.31. The van der Waals surface area contributed by atoms with Gasteiger partial charge in [-0.15, -0.1) is 0 Å². The van der Waals surface area contributed by atoms with Gasteiger partial charge < -0.3 is 11.1 Å². The molecular weight excluding hydrogens is 191 g/mol. The van der Waals surface area contributed by atoms with Crippen molar-refractivity contribution >= 4 is 0 Å². The van der Waals surface area contributed by atoms with Crippen molar-refractivity contribution in [1.29, 1.82) is 0 Å². The minimum atomic E-state index is -0.160. The highest BCUT2D eigenvalue weighted by atomic mass is 19.1. The summed E-state index contributed by atoms with van der Waals surface area (Å²) in [5.74, 6) is -0.160. The molecule has 0 amide bonds. The molecule has 0 bridgehead atoms. The summed E-state index contributed by atoms with van der Waals surface area (Å²) in [6.07, 6.45) is 1.94. The molecule has 0 aromatic heterocycles. The fourth-order valence-corrected chi connectivity index (χ4v) is 1.51. The minimum Gasteiger partial charge on any atom is -0.330 e. The van der Waals surface area contributed by atoms with Crippen LogP contribution in [0, 0.1) is 12.7 Å². The Morgan fingerprint density at radius 2 is 2.13 bits per heavy atom. The van der Waals surface area contributed by atoms with Crippen molar-refractivity contribution in [3.8, 4) is 0 Å². The van der Waals surface area contributed by atoms with E-state index in [0.29, 0.717) is 0 Å². The molecule has 84 valence electrons. The third kappa shape index (κ3) is 4.40. The van der Waals surface area contributed by atoms with Gasteiger partial charge >= 0.3 is 0 Å². The Labute approximate surface area is 90.7 Å². The molecule has 3 heteroatoms. The van der Waals surface area contributed by atoms with Crippen molar-refractivity contribution in [3.05, 3.63) is 35.1 Å². The molecule has 0 unspecified atom stereocenters. The molecular formula is C12H19FN2. The van der Waals surface area contributed by atoms with E-state index in [2.05, 4.69) is 5.32 Å². The molecule has 0 atom stereocenters. The van der Waals surface area contributed by atoms with E-state index >= 15 is 0 Å². The van der Waals surface area contributed by atoms with Gasteiger partial charge in [-0.05, 0) is 62.7 Å². The van der Waals surface area contributed by atoms with E-state index in [0.717, 1.165) is 38.0 Å². The van der Waals surface area contributed by atoms with Crippen molar-refractivity contribution in [3.63, 3.8) is 0 Å². The second-order valence-corrected chi connectivity index (χ2v) is 3.71. The molecule has 1 rings (SSSR count). The molecule has 0 radical (unpaired) electrons. The monoisotopic (exact) mass is 210 g/mol. The lowest BCUT2D eigenvalue weighted by Crippen LogP contribution is -2.21. The quantitative estimate of drug-likeness (QED) is 0.700. The molecule has 3 N–H and O–H groups in total. The van der Waals surface area contributed by atoms with Crippen LogP contribution in [0.5, 0.6) is 0 Å². The SMILES string of the molecule is Cc1cc(F)ccc1CCNCCCN. The van der Waals surface area contributed by atoms with Gasteiger partial charge in [0.25, 0.3) is 0 Å². The first-order valence-corrected chi connectivity index (χ1v) is 5.40. The summed E-state index contributed by atoms with van der Waals surface area (Å²) < 4.78 is 12.8. The first-order chi connectivity index (χ1) is 7.24. The van der Waals surface area contributed by atoms with Crippen LogP contribution in [0.25, 0.3) is 0 Å². The Morgan fingerprint density at radius 3 is 2.80 bits per heavy atom. The van der Waals surface area contributed by atoms with Crippen molar-refractivity contribution in [2.75, 3.05) is 19.6 Å². The van der Waals surface area contributed by atoms with Gasteiger partial charge in [0.2, 0.25) is 0 Å². The maximum atomic E-state index is 12.8. The number of aryl methyl sites for hydroxylation is 1. The van der Waals surface area contributed by atoms with Crippen LogP contribution in [0.3, 0.4) is 0 Å². The van der Waals surface area contributed by atoms with Crippen molar-refractivity contribution in [1.82, 2.24) is 5.32 Å². The Hall–Kier alpha value is -0.930. The second-order valence-electron chi connectivity index (χ2n) is 3.71. The summed E-state index contributed by atoms with van der Waals surface area (Å²) in [7, 11) is 0. The lowest BCUT2D eigenvalue weighted by Gasteiger charge is -2.06. The highest BCUT2D eigenvalue weighted by Gasteiger charge is 1.99. The smallest absolute Gasteiger partial charge is 0.123 e. The Bertz CT molecular complexity index is 300. The van der Waals surface area contributed by atoms with Gasteiger partial charge in [-0.25, -0.2) is 4.39 Å². The highest BCUT2D eigenvalue weighted by molar-refractivity contribution is 5.26. The molecule has 1 aromatic rings. The van der Waals surface area contributed by atoms with Crippen LogP contribution in [0.15, 0.2) is 18.2 Å². The molecule has 15 heavy (non-hydrogen) atoms. The first kappa shape index (κ1) is 12.1. The van der Waals surface area contributed by atoms with Gasteiger partial charge in [-0.3, -0.25) is 0 Å². The van der Waals surface area contributed by atoms with E-state index in [1.165, 1.54) is 11.6 Å². The summed E-state index contributed by atoms with van der Waals surface area (Å²) in [5.41, 5.74) is 7.61. The van der Waals surface area contributed by atoms with E-state index in [1.807, 2.05) is 13.0 Å². The summed E-state index contributed by atoms with van der Waals surface area (Å²) >= 11 is 0. The van der Waals surface area contributed by atoms with Crippen molar-refractivity contribution in [2.24, 2.45) is 5.73 Å². The normalized spacial score (nSPS) is 10.6. The number of hydrogen-bond acceptors (Lipinski definition) is 2. The summed E-state index contributed by atoms with van der Waals surface area (Å²) in [6, 6.07) is 4.95. The zero-order valence-electron chi connectivity index (χ0n) is 9.22. The molecule has 0 aliphatic rings. The maximum absolute atomic E-state index is 12.8. The predicted molar refractivity (Wildman–Crippen MR) is 61.4 cm³/mol. The third-order valence-electron chi connectivity index (χ3n) is 2.43. The summed E-state index contributed by atoms with van der Waals surface area (Å²) in [6.45, 7) is 4.55. The average molecular weight is 210 g/mol. The van der Waals surface area contributed by atoms with Gasteiger partial charge in [-0.2, -0.15) is 0 Å². The lowest BCUT2D eigenvalue weighted by atomic mass is 10.1. The minimum absolute atomic E-state index is 0.160. The first-order valence-electron chi connectivity index (χ1n) is 5.40. The fourth-order valence-electron chi connectivity index (χ4n) is 1.51. The van der Waals surface area contributed by atoms with Crippen LogP contribution < -0.4 is 11.1 Å². The molecule has 0 saturated carbocycles. The van der Waals surface area contributed by atoms with Crippen LogP contribution >= 0.6 is 0 Å². The van der Waals surface area contributed by atoms with Gasteiger partial charge in [0.1, 0.15) is 5.82 Å². The van der Waals surface area contributed by atoms with Crippen LogP contribution in [0.4, 0.5) is 4.39 Å². The largest absolute Gasteiger partial charge is 0.330 e. The van der Waals surface area contributed by atoms with Crippen LogP contribution in [0.1, 0.15) is 17.5 Å². The van der Waals surface area contributed by atoms with Gasteiger partial charge in [0.05, 0.1) is 0 Å². The van der Waals surface area contributed by atoms with E-state index < -0.39 is 0 Å².